The Balaban J connectivity index is 1.54. The van der Waals surface area contributed by atoms with E-state index in [4.69, 9.17) is 4.74 Å². The fraction of sp³-hybridized carbons (Fsp3) is 0.154. The van der Waals surface area contributed by atoms with E-state index in [1.54, 1.807) is 36.4 Å². The third-order valence-corrected chi connectivity index (χ3v) is 5.32. The summed E-state index contributed by atoms with van der Waals surface area (Å²) >= 11 is 0. The molecule has 3 aromatic rings. The van der Waals surface area contributed by atoms with Crippen LogP contribution in [0.4, 0.5) is 0 Å². The molecule has 5 nitrogen and oxygen atoms in total. The summed E-state index contributed by atoms with van der Waals surface area (Å²) in [5.41, 5.74) is 2.31. The summed E-state index contributed by atoms with van der Waals surface area (Å²) in [6, 6.07) is 18.2. The van der Waals surface area contributed by atoms with Crippen molar-refractivity contribution in [1.29, 1.82) is 0 Å². The van der Waals surface area contributed by atoms with Gasteiger partial charge in [-0.05, 0) is 18.1 Å². The van der Waals surface area contributed by atoms with Crippen LogP contribution < -0.4 is 0 Å². The number of carbonyl (C=O) groups excluding carboxylic acids is 4. The van der Waals surface area contributed by atoms with Crippen molar-refractivity contribution in [3.63, 3.8) is 0 Å². The van der Waals surface area contributed by atoms with Crippen molar-refractivity contribution in [1.82, 2.24) is 0 Å². The molecule has 0 saturated carbocycles. The maximum absolute atomic E-state index is 13.0. The third-order valence-electron chi connectivity index (χ3n) is 5.32. The van der Waals surface area contributed by atoms with Crippen LogP contribution in [-0.4, -0.2) is 29.9 Å². The summed E-state index contributed by atoms with van der Waals surface area (Å²) in [4.78, 5) is 50.9. The Morgan fingerprint density at radius 2 is 1.42 bits per heavy atom. The molecule has 0 saturated heterocycles. The van der Waals surface area contributed by atoms with Crippen LogP contribution in [-0.2, 0) is 11.2 Å². The Morgan fingerprint density at radius 1 is 0.774 bits per heavy atom. The number of fused-ring (bicyclic) bond motifs is 2. The highest BCUT2D eigenvalue weighted by molar-refractivity contribution is 6.30. The summed E-state index contributed by atoms with van der Waals surface area (Å²) in [7, 11) is 0. The van der Waals surface area contributed by atoms with Crippen LogP contribution in [0.15, 0.2) is 66.7 Å². The van der Waals surface area contributed by atoms with Gasteiger partial charge in [-0.15, -0.1) is 0 Å². The predicted octanol–water partition coefficient (Wildman–Crippen LogP) is 4.45. The highest BCUT2D eigenvalue weighted by Gasteiger charge is 2.33. The Hall–Kier alpha value is -3.86. The molecule has 0 N–H and O–H groups in total. The van der Waals surface area contributed by atoms with Crippen molar-refractivity contribution in [2.24, 2.45) is 0 Å². The van der Waals surface area contributed by atoms with E-state index in [2.05, 4.69) is 6.92 Å². The lowest BCUT2D eigenvalue weighted by atomic mass is 9.82. The molecule has 4 rings (SSSR count). The number of carbonyl (C=O) groups is 4. The molecule has 0 fully saturated rings. The van der Waals surface area contributed by atoms with Gasteiger partial charge in [0, 0.05) is 27.8 Å². The molecule has 0 bridgehead atoms. The summed E-state index contributed by atoms with van der Waals surface area (Å²) < 4.78 is 5.21. The van der Waals surface area contributed by atoms with Crippen molar-refractivity contribution in [2.45, 2.75) is 19.8 Å². The number of rotatable bonds is 6. The first-order valence-electron chi connectivity index (χ1n) is 10.1. The molecule has 0 atom stereocenters. The highest BCUT2D eigenvalue weighted by Crippen LogP contribution is 2.29. The van der Waals surface area contributed by atoms with E-state index in [1.165, 1.54) is 18.2 Å². The van der Waals surface area contributed by atoms with Crippen molar-refractivity contribution in [2.75, 3.05) is 6.61 Å². The van der Waals surface area contributed by atoms with Gasteiger partial charge in [-0.3, -0.25) is 14.4 Å². The zero-order chi connectivity index (χ0) is 22.0. The minimum Gasteiger partial charge on any atom is -0.454 e. The molecular weight excluding hydrogens is 392 g/mol. The van der Waals surface area contributed by atoms with Gasteiger partial charge in [-0.25, -0.2) is 4.79 Å². The number of Topliss-reactive ketones (excluding diaryl/α,β-unsaturated/α-hetero) is 1. The first-order chi connectivity index (χ1) is 15.0. The number of ketones is 3. The van der Waals surface area contributed by atoms with E-state index >= 15 is 0 Å². The maximum atomic E-state index is 13.0. The van der Waals surface area contributed by atoms with E-state index in [1.807, 2.05) is 12.1 Å². The van der Waals surface area contributed by atoms with Gasteiger partial charge in [0.05, 0.1) is 5.56 Å². The Kier molecular flexibility index (Phi) is 5.58. The van der Waals surface area contributed by atoms with Gasteiger partial charge < -0.3 is 4.74 Å². The van der Waals surface area contributed by atoms with Gasteiger partial charge in [0.1, 0.15) is 0 Å². The molecule has 0 aliphatic heterocycles. The van der Waals surface area contributed by atoms with Crippen LogP contribution in [0, 0.1) is 0 Å². The molecule has 0 unspecified atom stereocenters. The summed E-state index contributed by atoms with van der Waals surface area (Å²) in [5.74, 6) is -1.87. The Labute approximate surface area is 179 Å². The van der Waals surface area contributed by atoms with E-state index in [0.717, 1.165) is 18.4 Å². The zero-order valence-corrected chi connectivity index (χ0v) is 17.0. The second kappa shape index (κ2) is 8.48. The fourth-order valence-electron chi connectivity index (χ4n) is 3.75. The maximum Gasteiger partial charge on any atom is 0.339 e. The summed E-state index contributed by atoms with van der Waals surface area (Å²) in [6.07, 6.45) is 1.94. The number of aryl methyl sites for hydroxylation is 1. The van der Waals surface area contributed by atoms with Crippen LogP contribution in [0.1, 0.15) is 71.5 Å². The van der Waals surface area contributed by atoms with Gasteiger partial charge in [-0.1, -0.05) is 74.0 Å². The van der Waals surface area contributed by atoms with Gasteiger partial charge in [0.25, 0.3) is 0 Å². The number of hydrogen-bond donors (Lipinski definition) is 0. The summed E-state index contributed by atoms with van der Waals surface area (Å²) in [5, 5.41) is 0. The van der Waals surface area contributed by atoms with E-state index in [9.17, 15) is 19.2 Å². The van der Waals surface area contributed by atoms with Crippen LogP contribution >= 0.6 is 0 Å². The lowest BCUT2D eigenvalue weighted by Crippen LogP contribution is -2.25. The van der Waals surface area contributed by atoms with Crippen LogP contribution in [0.3, 0.4) is 0 Å². The van der Waals surface area contributed by atoms with Gasteiger partial charge in [-0.2, -0.15) is 0 Å². The van der Waals surface area contributed by atoms with Gasteiger partial charge >= 0.3 is 5.97 Å². The first-order valence-corrected chi connectivity index (χ1v) is 10.1. The smallest absolute Gasteiger partial charge is 0.339 e. The molecule has 1 aliphatic carbocycles. The van der Waals surface area contributed by atoms with E-state index < -0.39 is 18.4 Å². The van der Waals surface area contributed by atoms with E-state index in [0.29, 0.717) is 11.1 Å². The average molecular weight is 412 g/mol. The number of esters is 1. The van der Waals surface area contributed by atoms with Crippen molar-refractivity contribution in [3.8, 4) is 0 Å². The minimum absolute atomic E-state index is 0.0172. The predicted molar refractivity (Wildman–Crippen MR) is 115 cm³/mol. The number of ether oxygens (including phenoxy) is 1. The Bertz CT molecular complexity index is 1200. The molecule has 1 aliphatic rings. The number of hydrogen-bond acceptors (Lipinski definition) is 5. The largest absolute Gasteiger partial charge is 0.454 e. The average Bonchev–Trinajstić information content (AvgIpc) is 2.81. The molecule has 0 spiro atoms. The van der Waals surface area contributed by atoms with Crippen molar-refractivity contribution < 1.29 is 23.9 Å². The lowest BCUT2D eigenvalue weighted by molar-refractivity contribution is 0.0473. The zero-order valence-electron chi connectivity index (χ0n) is 17.0. The molecular formula is C26H20O5. The fourth-order valence-corrected chi connectivity index (χ4v) is 3.75. The van der Waals surface area contributed by atoms with Crippen LogP contribution in [0.2, 0.25) is 0 Å². The molecule has 154 valence electrons. The third kappa shape index (κ3) is 3.82. The summed E-state index contributed by atoms with van der Waals surface area (Å²) in [6.45, 7) is 1.63. The monoisotopic (exact) mass is 412 g/mol. The standard InChI is InChI=1S/C26H20O5/c1-2-6-16-11-13-17(14-12-16)22(27)15-31-26(30)21-10-5-9-20-23(21)25(29)19-8-4-3-7-18(19)24(20)28/h3-5,7-14H,2,6,15H2,1H3. The van der Waals surface area contributed by atoms with Gasteiger partial charge in [0.15, 0.2) is 24.0 Å². The molecule has 0 heterocycles. The Morgan fingerprint density at radius 3 is 2.10 bits per heavy atom. The minimum atomic E-state index is -0.812. The molecule has 3 aromatic carbocycles. The van der Waals surface area contributed by atoms with Crippen molar-refractivity contribution >= 4 is 23.3 Å². The topological polar surface area (TPSA) is 77.5 Å². The highest BCUT2D eigenvalue weighted by atomic mass is 16.5. The quantitative estimate of drug-likeness (QED) is 0.345. The SMILES string of the molecule is CCCc1ccc(C(=O)COC(=O)c2cccc3c2C(=O)c2ccccc2C3=O)cc1. The van der Waals surface area contributed by atoms with Crippen molar-refractivity contribution in [3.05, 3.63) is 106 Å². The molecule has 5 heteroatoms. The molecule has 0 amide bonds. The normalized spacial score (nSPS) is 12.2. The van der Waals surface area contributed by atoms with Gasteiger partial charge in [0.2, 0.25) is 0 Å². The number of benzene rings is 3. The molecule has 31 heavy (non-hydrogen) atoms. The molecule has 0 aromatic heterocycles. The lowest BCUT2D eigenvalue weighted by Gasteiger charge is -2.19. The first kappa shape index (κ1) is 20.4. The second-order valence-electron chi connectivity index (χ2n) is 7.38. The van der Waals surface area contributed by atoms with Crippen LogP contribution in [0.25, 0.3) is 0 Å². The second-order valence-corrected chi connectivity index (χ2v) is 7.38. The van der Waals surface area contributed by atoms with E-state index in [-0.39, 0.29) is 33.8 Å². The molecule has 0 radical (unpaired) electrons. The van der Waals surface area contributed by atoms with Crippen LogP contribution in [0.5, 0.6) is 0 Å².